The van der Waals surface area contributed by atoms with E-state index >= 15 is 0 Å². The summed E-state index contributed by atoms with van der Waals surface area (Å²) in [5.74, 6) is -0.246. The van der Waals surface area contributed by atoms with Crippen LogP contribution in [0.3, 0.4) is 0 Å². The summed E-state index contributed by atoms with van der Waals surface area (Å²) < 4.78 is 0. The molecule has 1 heterocycles. The average molecular weight is 284 g/mol. The smallest absolute Gasteiger partial charge is 0.237 e. The van der Waals surface area contributed by atoms with Crippen LogP contribution in [-0.4, -0.2) is 66.6 Å². The summed E-state index contributed by atoms with van der Waals surface area (Å²) in [6.45, 7) is 14.8. The first kappa shape index (κ1) is 17.4. The second-order valence-electron chi connectivity index (χ2n) is 6.30. The van der Waals surface area contributed by atoms with Gasteiger partial charge < -0.3 is 16.0 Å². The molecule has 3 N–H and O–H groups in total. The highest BCUT2D eigenvalue weighted by molar-refractivity contribution is 5.84. The highest BCUT2D eigenvalue weighted by Crippen LogP contribution is 2.13. The zero-order valence-electron chi connectivity index (χ0n) is 13.6. The molecule has 118 valence electrons. The molecule has 0 aromatic carbocycles. The lowest BCUT2D eigenvalue weighted by Crippen LogP contribution is -2.53. The maximum atomic E-state index is 11.6. The molecule has 1 unspecified atom stereocenters. The summed E-state index contributed by atoms with van der Waals surface area (Å²) in [5, 5.41) is 3.22. The van der Waals surface area contributed by atoms with Crippen molar-refractivity contribution >= 4 is 5.91 Å². The lowest BCUT2D eigenvalue weighted by Gasteiger charge is -2.37. The van der Waals surface area contributed by atoms with Gasteiger partial charge in [-0.1, -0.05) is 6.92 Å². The Kier molecular flexibility index (Phi) is 6.92. The fraction of sp³-hybridized carbons (Fsp3) is 0.933. The highest BCUT2D eigenvalue weighted by atomic mass is 16.1. The van der Waals surface area contributed by atoms with Crippen LogP contribution < -0.4 is 11.1 Å². The summed E-state index contributed by atoms with van der Waals surface area (Å²) in [6, 6.07) is 0.643. The number of piperazine rings is 1. The molecule has 20 heavy (non-hydrogen) atoms. The lowest BCUT2D eigenvalue weighted by molar-refractivity contribution is -0.124. The first-order chi connectivity index (χ1) is 9.39. The third kappa shape index (κ3) is 5.04. The Balaban J connectivity index is 2.29. The second-order valence-corrected chi connectivity index (χ2v) is 6.30. The first-order valence-corrected chi connectivity index (χ1v) is 7.90. The minimum absolute atomic E-state index is 0.246. The molecule has 0 bridgehead atoms. The Hall–Kier alpha value is -0.650. The van der Waals surface area contributed by atoms with Gasteiger partial charge in [0, 0.05) is 32.2 Å². The van der Waals surface area contributed by atoms with Gasteiger partial charge in [-0.05, 0) is 46.7 Å². The molecule has 0 radical (unpaired) electrons. The van der Waals surface area contributed by atoms with Gasteiger partial charge in [-0.25, -0.2) is 0 Å². The van der Waals surface area contributed by atoms with Crippen LogP contribution in [0.15, 0.2) is 0 Å². The van der Waals surface area contributed by atoms with Crippen LogP contribution in [0.1, 0.15) is 40.5 Å². The topological polar surface area (TPSA) is 61.6 Å². The maximum Gasteiger partial charge on any atom is 0.237 e. The second kappa shape index (κ2) is 7.96. The van der Waals surface area contributed by atoms with Gasteiger partial charge in [0.15, 0.2) is 0 Å². The Morgan fingerprint density at radius 3 is 2.35 bits per heavy atom. The van der Waals surface area contributed by atoms with Crippen LogP contribution in [0.2, 0.25) is 0 Å². The molecular weight excluding hydrogens is 252 g/mol. The largest absolute Gasteiger partial charge is 0.368 e. The SMILES string of the molecule is CCNC(C)(CCCN1CCN(C(C)C)CC1)C(N)=O. The summed E-state index contributed by atoms with van der Waals surface area (Å²) in [7, 11) is 0. The van der Waals surface area contributed by atoms with E-state index in [1.165, 1.54) is 0 Å². The molecule has 1 aliphatic rings. The predicted octanol–water partition coefficient (Wildman–Crippen LogP) is 0.646. The van der Waals surface area contributed by atoms with Crippen LogP contribution in [0.5, 0.6) is 0 Å². The predicted molar refractivity (Wildman–Crippen MR) is 83.7 cm³/mol. The molecule has 1 fully saturated rings. The van der Waals surface area contributed by atoms with Crippen molar-refractivity contribution in [1.29, 1.82) is 0 Å². The minimum Gasteiger partial charge on any atom is -0.368 e. The fourth-order valence-electron chi connectivity index (χ4n) is 2.85. The van der Waals surface area contributed by atoms with Crippen molar-refractivity contribution in [1.82, 2.24) is 15.1 Å². The van der Waals surface area contributed by atoms with E-state index in [9.17, 15) is 4.79 Å². The van der Waals surface area contributed by atoms with Crippen molar-refractivity contribution in [2.75, 3.05) is 39.3 Å². The van der Waals surface area contributed by atoms with Crippen molar-refractivity contribution in [2.24, 2.45) is 5.73 Å². The summed E-state index contributed by atoms with van der Waals surface area (Å²) in [5.41, 5.74) is 4.95. The molecule has 0 aliphatic carbocycles. The molecular formula is C15H32N4O. The van der Waals surface area contributed by atoms with Crippen molar-refractivity contribution in [3.63, 3.8) is 0 Å². The molecule has 5 heteroatoms. The Morgan fingerprint density at radius 1 is 1.30 bits per heavy atom. The van der Waals surface area contributed by atoms with Gasteiger partial charge in [0.2, 0.25) is 5.91 Å². The van der Waals surface area contributed by atoms with Gasteiger partial charge in [0.05, 0.1) is 5.54 Å². The Bertz CT molecular complexity index is 300. The number of nitrogens with one attached hydrogen (secondary N) is 1. The summed E-state index contributed by atoms with van der Waals surface area (Å²) >= 11 is 0. The third-order valence-corrected chi connectivity index (χ3v) is 4.40. The quantitative estimate of drug-likeness (QED) is 0.687. The molecule has 1 rings (SSSR count). The van der Waals surface area contributed by atoms with Crippen molar-refractivity contribution in [3.8, 4) is 0 Å². The monoisotopic (exact) mass is 284 g/mol. The van der Waals surface area contributed by atoms with Gasteiger partial charge in [-0.15, -0.1) is 0 Å². The standard InChI is InChI=1S/C15H32N4O/c1-5-17-15(4,14(16)20)7-6-8-18-9-11-19(12-10-18)13(2)3/h13,17H,5-12H2,1-4H3,(H2,16,20). The van der Waals surface area contributed by atoms with Crippen LogP contribution in [0.4, 0.5) is 0 Å². The lowest BCUT2D eigenvalue weighted by atomic mass is 9.94. The first-order valence-electron chi connectivity index (χ1n) is 7.90. The summed E-state index contributed by atoms with van der Waals surface area (Å²) in [6.07, 6.45) is 1.81. The fourth-order valence-corrected chi connectivity index (χ4v) is 2.85. The van der Waals surface area contributed by atoms with Gasteiger partial charge in [0.1, 0.15) is 0 Å². The van der Waals surface area contributed by atoms with Crippen LogP contribution in [0, 0.1) is 0 Å². The number of likely N-dealkylation sites (N-methyl/N-ethyl adjacent to an activating group) is 1. The normalized spacial score (nSPS) is 21.1. The van der Waals surface area contributed by atoms with Gasteiger partial charge in [0.25, 0.3) is 0 Å². The number of carbonyl (C=O) groups is 1. The van der Waals surface area contributed by atoms with Gasteiger partial charge >= 0.3 is 0 Å². The molecule has 1 atom stereocenters. The van der Waals surface area contributed by atoms with E-state index in [0.29, 0.717) is 6.04 Å². The zero-order chi connectivity index (χ0) is 15.2. The molecule has 1 saturated heterocycles. The number of nitrogens with two attached hydrogens (primary N) is 1. The molecule has 0 aromatic rings. The zero-order valence-corrected chi connectivity index (χ0v) is 13.6. The number of rotatable bonds is 8. The molecule has 1 aliphatic heterocycles. The molecule has 0 saturated carbocycles. The Labute approximate surface area is 123 Å². The van der Waals surface area contributed by atoms with E-state index in [0.717, 1.165) is 52.1 Å². The van der Waals surface area contributed by atoms with Crippen LogP contribution >= 0.6 is 0 Å². The van der Waals surface area contributed by atoms with E-state index in [1.54, 1.807) is 0 Å². The molecule has 0 aromatic heterocycles. The van der Waals surface area contributed by atoms with E-state index < -0.39 is 5.54 Å². The van der Waals surface area contributed by atoms with E-state index in [1.807, 2.05) is 13.8 Å². The van der Waals surface area contributed by atoms with Crippen molar-refractivity contribution in [2.45, 2.75) is 52.1 Å². The van der Waals surface area contributed by atoms with Crippen molar-refractivity contribution in [3.05, 3.63) is 0 Å². The number of amides is 1. The minimum atomic E-state index is -0.561. The van der Waals surface area contributed by atoms with Crippen LogP contribution in [0.25, 0.3) is 0 Å². The van der Waals surface area contributed by atoms with Gasteiger partial charge in [-0.2, -0.15) is 0 Å². The average Bonchev–Trinajstić information content (AvgIpc) is 2.39. The molecule has 0 spiro atoms. The highest BCUT2D eigenvalue weighted by Gasteiger charge is 2.29. The van der Waals surface area contributed by atoms with Gasteiger partial charge in [-0.3, -0.25) is 9.69 Å². The van der Waals surface area contributed by atoms with Crippen molar-refractivity contribution < 1.29 is 4.79 Å². The van der Waals surface area contributed by atoms with E-state index in [4.69, 9.17) is 5.73 Å². The Morgan fingerprint density at radius 2 is 1.90 bits per heavy atom. The third-order valence-electron chi connectivity index (χ3n) is 4.40. The number of carbonyl (C=O) groups excluding carboxylic acids is 1. The van der Waals surface area contributed by atoms with Crippen LogP contribution in [-0.2, 0) is 4.79 Å². The van der Waals surface area contributed by atoms with E-state index in [-0.39, 0.29) is 5.91 Å². The number of hydrogen-bond acceptors (Lipinski definition) is 4. The number of nitrogens with zero attached hydrogens (tertiary/aromatic N) is 2. The maximum absolute atomic E-state index is 11.6. The summed E-state index contributed by atoms with van der Waals surface area (Å²) in [4.78, 5) is 16.6. The molecule has 1 amide bonds. The number of hydrogen-bond donors (Lipinski definition) is 2. The number of primary amides is 1. The van der Waals surface area contributed by atoms with E-state index in [2.05, 4.69) is 29.0 Å². The molecule has 5 nitrogen and oxygen atoms in total.